The van der Waals surface area contributed by atoms with Gasteiger partial charge in [0.15, 0.2) is 0 Å². The van der Waals surface area contributed by atoms with E-state index in [0.29, 0.717) is 11.5 Å². The van der Waals surface area contributed by atoms with Gasteiger partial charge in [-0.2, -0.15) is 4.98 Å². The molecular formula is C26H31N7OS. The number of aromatic nitrogens is 3. The number of thiophene rings is 1. The van der Waals surface area contributed by atoms with Gasteiger partial charge in [-0.15, -0.1) is 11.3 Å². The van der Waals surface area contributed by atoms with Crippen molar-refractivity contribution in [3.63, 3.8) is 0 Å². The summed E-state index contributed by atoms with van der Waals surface area (Å²) >= 11 is 1.76. The van der Waals surface area contributed by atoms with Gasteiger partial charge >= 0.3 is 5.69 Å². The fourth-order valence-corrected chi connectivity index (χ4v) is 5.55. The topological polar surface area (TPSA) is 89.2 Å². The number of pyridine rings is 1. The Bertz CT molecular complexity index is 1370. The van der Waals surface area contributed by atoms with E-state index in [2.05, 4.69) is 98.9 Å². The number of hydrogen-bond donors (Lipinski definition) is 3. The standard InChI is InChI=1S/C26H31N7OS/c1-17(22-8-9-23(35-22)20-7-5-4-6-18(20)16-32(2)3)29-25-21-14-19(33-12-10-27-11-13-33)15-28-24(21)30-26(34)31-25/h4-9,14-15,17,27H,10-13,16H2,1-3H3,(H2,28,29,30,31,34)/t17-/m1/s1. The van der Waals surface area contributed by atoms with Crippen LogP contribution in [0.1, 0.15) is 23.4 Å². The van der Waals surface area contributed by atoms with Crippen molar-refractivity contribution >= 4 is 33.9 Å². The highest BCUT2D eigenvalue weighted by atomic mass is 32.1. The van der Waals surface area contributed by atoms with Gasteiger partial charge in [-0.05, 0) is 50.3 Å². The molecule has 1 saturated heterocycles. The van der Waals surface area contributed by atoms with Crippen molar-refractivity contribution in [2.75, 3.05) is 50.5 Å². The lowest BCUT2D eigenvalue weighted by Gasteiger charge is -2.29. The normalized spacial score (nSPS) is 15.0. The van der Waals surface area contributed by atoms with Gasteiger partial charge in [0, 0.05) is 42.5 Å². The molecule has 1 aliphatic heterocycles. The molecule has 0 aliphatic carbocycles. The second kappa shape index (κ2) is 10.2. The minimum absolute atomic E-state index is 0.0184. The molecule has 0 amide bonds. The zero-order valence-electron chi connectivity index (χ0n) is 20.3. The minimum atomic E-state index is -0.404. The van der Waals surface area contributed by atoms with Crippen LogP contribution in [0.25, 0.3) is 21.5 Å². The van der Waals surface area contributed by atoms with Crippen molar-refractivity contribution in [3.8, 4) is 10.4 Å². The molecule has 9 heteroatoms. The van der Waals surface area contributed by atoms with Crippen LogP contribution in [0.4, 0.5) is 11.5 Å². The van der Waals surface area contributed by atoms with Crippen LogP contribution >= 0.6 is 11.3 Å². The van der Waals surface area contributed by atoms with Crippen molar-refractivity contribution < 1.29 is 0 Å². The van der Waals surface area contributed by atoms with E-state index in [-0.39, 0.29) is 6.04 Å². The molecular weight excluding hydrogens is 458 g/mol. The molecule has 0 radical (unpaired) electrons. The number of anilines is 2. The Labute approximate surface area is 209 Å². The third-order valence-electron chi connectivity index (χ3n) is 6.23. The number of rotatable bonds is 7. The average molecular weight is 490 g/mol. The summed E-state index contributed by atoms with van der Waals surface area (Å²) in [4.78, 5) is 30.7. The van der Waals surface area contributed by atoms with Crippen LogP contribution in [0.15, 0.2) is 53.5 Å². The van der Waals surface area contributed by atoms with Crippen LogP contribution in [-0.4, -0.2) is 60.1 Å². The fourth-order valence-electron chi connectivity index (χ4n) is 4.48. The Balaban J connectivity index is 1.43. The smallest absolute Gasteiger partial charge is 0.348 e. The number of benzene rings is 1. The monoisotopic (exact) mass is 489 g/mol. The molecule has 1 fully saturated rings. The highest BCUT2D eigenvalue weighted by Crippen LogP contribution is 2.35. The van der Waals surface area contributed by atoms with E-state index in [1.165, 1.54) is 20.9 Å². The van der Waals surface area contributed by atoms with Crippen LogP contribution in [0.3, 0.4) is 0 Å². The molecule has 4 heterocycles. The summed E-state index contributed by atoms with van der Waals surface area (Å²) in [5, 5.41) is 7.68. The van der Waals surface area contributed by atoms with Gasteiger partial charge in [0.2, 0.25) is 0 Å². The van der Waals surface area contributed by atoms with Crippen LogP contribution in [0, 0.1) is 0 Å². The first-order valence-corrected chi connectivity index (χ1v) is 12.7. The molecule has 1 atom stereocenters. The Morgan fingerprint density at radius 1 is 1.17 bits per heavy atom. The van der Waals surface area contributed by atoms with Crippen molar-refractivity contribution in [1.29, 1.82) is 0 Å². The zero-order valence-corrected chi connectivity index (χ0v) is 21.2. The number of aromatic amines is 1. The molecule has 3 N–H and O–H groups in total. The SMILES string of the molecule is C[C@@H](Nc1nc(=O)[nH]c2ncc(N3CCNCC3)cc12)c1ccc(-c2ccccc2CN(C)C)s1. The molecule has 0 unspecified atom stereocenters. The van der Waals surface area contributed by atoms with E-state index >= 15 is 0 Å². The first-order chi connectivity index (χ1) is 17.0. The summed E-state index contributed by atoms with van der Waals surface area (Å²) in [6.45, 7) is 6.74. The van der Waals surface area contributed by atoms with E-state index in [9.17, 15) is 4.79 Å². The molecule has 1 aliphatic rings. The molecule has 35 heavy (non-hydrogen) atoms. The van der Waals surface area contributed by atoms with E-state index in [4.69, 9.17) is 0 Å². The number of H-pyrrole nitrogens is 1. The fraction of sp³-hybridized carbons (Fsp3) is 0.346. The molecule has 3 aromatic heterocycles. The van der Waals surface area contributed by atoms with Crippen molar-refractivity contribution in [2.24, 2.45) is 0 Å². The Kier molecular flexibility index (Phi) is 6.81. The van der Waals surface area contributed by atoms with Gasteiger partial charge in [0.1, 0.15) is 11.5 Å². The van der Waals surface area contributed by atoms with Crippen molar-refractivity contribution in [3.05, 3.63) is 69.6 Å². The highest BCUT2D eigenvalue weighted by molar-refractivity contribution is 7.15. The Morgan fingerprint density at radius 2 is 1.97 bits per heavy atom. The van der Waals surface area contributed by atoms with Gasteiger partial charge in [0.05, 0.1) is 23.3 Å². The lowest BCUT2D eigenvalue weighted by Crippen LogP contribution is -2.43. The van der Waals surface area contributed by atoms with Gasteiger partial charge in [-0.3, -0.25) is 4.98 Å². The highest BCUT2D eigenvalue weighted by Gasteiger charge is 2.17. The van der Waals surface area contributed by atoms with Crippen molar-refractivity contribution in [1.82, 2.24) is 25.2 Å². The van der Waals surface area contributed by atoms with Gasteiger partial charge in [-0.25, -0.2) is 9.78 Å². The summed E-state index contributed by atoms with van der Waals surface area (Å²) in [6.07, 6.45) is 1.83. The Morgan fingerprint density at radius 3 is 2.77 bits per heavy atom. The molecule has 0 bridgehead atoms. The molecule has 1 aromatic carbocycles. The maximum Gasteiger partial charge on any atom is 0.348 e. The van der Waals surface area contributed by atoms with Crippen LogP contribution in [-0.2, 0) is 6.54 Å². The molecule has 0 spiro atoms. The van der Waals surface area contributed by atoms with Crippen LogP contribution in [0.5, 0.6) is 0 Å². The largest absolute Gasteiger partial charge is 0.368 e. The minimum Gasteiger partial charge on any atom is -0.368 e. The van der Waals surface area contributed by atoms with Crippen molar-refractivity contribution in [2.45, 2.75) is 19.5 Å². The third-order valence-corrected chi connectivity index (χ3v) is 7.53. The van der Waals surface area contributed by atoms with E-state index < -0.39 is 5.69 Å². The third kappa shape index (κ3) is 5.22. The average Bonchev–Trinajstić information content (AvgIpc) is 3.35. The zero-order chi connectivity index (χ0) is 24.4. The number of nitrogens with zero attached hydrogens (tertiary/aromatic N) is 4. The molecule has 182 valence electrons. The molecule has 0 saturated carbocycles. The summed E-state index contributed by atoms with van der Waals surface area (Å²) < 4.78 is 0. The van der Waals surface area contributed by atoms with Gasteiger partial charge in [-0.1, -0.05) is 24.3 Å². The van der Waals surface area contributed by atoms with E-state index in [0.717, 1.165) is 43.8 Å². The number of hydrogen-bond acceptors (Lipinski definition) is 8. The molecule has 8 nitrogen and oxygen atoms in total. The van der Waals surface area contributed by atoms with Gasteiger partial charge in [0.25, 0.3) is 0 Å². The predicted molar refractivity (Wildman–Crippen MR) is 144 cm³/mol. The molecule has 5 rings (SSSR count). The summed E-state index contributed by atoms with van der Waals surface area (Å²) in [5.74, 6) is 0.559. The maximum absolute atomic E-state index is 12.3. The predicted octanol–water partition coefficient (Wildman–Crippen LogP) is 3.69. The van der Waals surface area contributed by atoms with E-state index in [1.807, 2.05) is 6.20 Å². The summed E-state index contributed by atoms with van der Waals surface area (Å²) in [6, 6.07) is 14.9. The first kappa shape index (κ1) is 23.5. The van der Waals surface area contributed by atoms with E-state index in [1.54, 1.807) is 11.3 Å². The first-order valence-electron chi connectivity index (χ1n) is 11.9. The summed E-state index contributed by atoms with van der Waals surface area (Å²) in [5.41, 5.74) is 3.75. The summed E-state index contributed by atoms with van der Waals surface area (Å²) in [7, 11) is 4.17. The van der Waals surface area contributed by atoms with Crippen LogP contribution in [0.2, 0.25) is 0 Å². The molecule has 4 aromatic rings. The van der Waals surface area contributed by atoms with Crippen LogP contribution < -0.4 is 21.2 Å². The quantitative estimate of drug-likeness (QED) is 0.365. The maximum atomic E-state index is 12.3. The lowest BCUT2D eigenvalue weighted by molar-refractivity contribution is 0.403. The second-order valence-corrected chi connectivity index (χ2v) is 10.3. The lowest BCUT2D eigenvalue weighted by atomic mass is 10.1. The Hall–Kier alpha value is -3.27. The number of nitrogens with one attached hydrogen (secondary N) is 3. The number of fused-ring (bicyclic) bond motifs is 1. The second-order valence-electron chi connectivity index (χ2n) is 9.18. The number of piperazine rings is 1. The van der Waals surface area contributed by atoms with Gasteiger partial charge < -0.3 is 20.4 Å².